The fraction of sp³-hybridized carbons (Fsp3) is 0.750. The van der Waals surface area contributed by atoms with Gasteiger partial charge in [0, 0.05) is 19.9 Å². The fourth-order valence-corrected chi connectivity index (χ4v) is 2.36. The summed E-state index contributed by atoms with van der Waals surface area (Å²) in [5.74, 6) is -0.343. The van der Waals surface area contributed by atoms with Crippen LogP contribution in [-0.4, -0.2) is 46.8 Å². The van der Waals surface area contributed by atoms with E-state index in [9.17, 15) is 14.7 Å². The Balaban J connectivity index is 1.95. The van der Waals surface area contributed by atoms with Crippen molar-refractivity contribution in [2.75, 3.05) is 7.05 Å². The molecule has 0 aromatic carbocycles. The van der Waals surface area contributed by atoms with Crippen molar-refractivity contribution in [1.29, 1.82) is 0 Å². The number of amides is 2. The van der Waals surface area contributed by atoms with E-state index in [1.165, 1.54) is 5.01 Å². The lowest BCUT2D eigenvalue weighted by atomic mass is 9.92. The van der Waals surface area contributed by atoms with Gasteiger partial charge in [-0.15, -0.1) is 0 Å². The van der Waals surface area contributed by atoms with Crippen LogP contribution in [0.2, 0.25) is 0 Å². The molecule has 1 aliphatic carbocycles. The number of nitrogens with one attached hydrogen (secondary N) is 1. The summed E-state index contributed by atoms with van der Waals surface area (Å²) in [6.45, 7) is 0. The number of nitrogens with zero attached hydrogens (tertiary/aromatic N) is 2. The Labute approximate surface area is 106 Å². The lowest BCUT2D eigenvalue weighted by Crippen LogP contribution is -2.48. The SMILES string of the molecule is CN1N=C(C(=O)N[C@@H]2CCCC[C@H]2O)CCC1=O. The van der Waals surface area contributed by atoms with E-state index in [-0.39, 0.29) is 17.9 Å². The van der Waals surface area contributed by atoms with E-state index < -0.39 is 6.10 Å². The molecule has 18 heavy (non-hydrogen) atoms. The molecule has 0 aromatic heterocycles. The molecule has 2 atom stereocenters. The van der Waals surface area contributed by atoms with E-state index in [1.807, 2.05) is 0 Å². The second kappa shape index (κ2) is 5.48. The smallest absolute Gasteiger partial charge is 0.267 e. The first-order valence-corrected chi connectivity index (χ1v) is 6.41. The van der Waals surface area contributed by atoms with Gasteiger partial charge in [-0.3, -0.25) is 9.59 Å². The van der Waals surface area contributed by atoms with Crippen LogP contribution in [0.3, 0.4) is 0 Å². The van der Waals surface area contributed by atoms with E-state index in [1.54, 1.807) is 7.05 Å². The Kier molecular flexibility index (Phi) is 3.96. The molecule has 2 amide bonds. The monoisotopic (exact) mass is 253 g/mol. The fourth-order valence-electron chi connectivity index (χ4n) is 2.36. The largest absolute Gasteiger partial charge is 0.391 e. The molecule has 2 aliphatic rings. The zero-order chi connectivity index (χ0) is 13.1. The van der Waals surface area contributed by atoms with Gasteiger partial charge in [0.2, 0.25) is 5.91 Å². The van der Waals surface area contributed by atoms with Crippen LogP contribution >= 0.6 is 0 Å². The number of aliphatic hydroxyl groups excluding tert-OH is 1. The Morgan fingerprint density at radius 1 is 1.39 bits per heavy atom. The van der Waals surface area contributed by atoms with Crippen LogP contribution < -0.4 is 5.32 Å². The summed E-state index contributed by atoms with van der Waals surface area (Å²) in [6, 6.07) is -0.183. The predicted molar refractivity (Wildman–Crippen MR) is 65.8 cm³/mol. The van der Waals surface area contributed by atoms with Gasteiger partial charge in [0.15, 0.2) is 0 Å². The number of hydrogen-bond acceptors (Lipinski definition) is 4. The summed E-state index contributed by atoms with van der Waals surface area (Å²) in [4.78, 5) is 23.2. The third-order valence-corrected chi connectivity index (χ3v) is 3.52. The highest BCUT2D eigenvalue weighted by molar-refractivity contribution is 6.39. The van der Waals surface area contributed by atoms with Crippen molar-refractivity contribution in [3.8, 4) is 0 Å². The molecule has 0 saturated heterocycles. The number of carbonyl (C=O) groups is 2. The van der Waals surface area contributed by atoms with Crippen LogP contribution in [0, 0.1) is 0 Å². The van der Waals surface area contributed by atoms with E-state index in [4.69, 9.17) is 0 Å². The molecule has 2 rings (SSSR count). The Bertz CT molecular complexity index is 381. The maximum atomic E-state index is 12.0. The molecule has 2 N–H and O–H groups in total. The average Bonchev–Trinajstić information content (AvgIpc) is 2.35. The van der Waals surface area contributed by atoms with Crippen molar-refractivity contribution in [3.63, 3.8) is 0 Å². The highest BCUT2D eigenvalue weighted by Crippen LogP contribution is 2.18. The van der Waals surface area contributed by atoms with Gasteiger partial charge >= 0.3 is 0 Å². The molecule has 1 aliphatic heterocycles. The molecular weight excluding hydrogens is 234 g/mol. The van der Waals surface area contributed by atoms with E-state index in [0.29, 0.717) is 18.6 Å². The molecule has 0 aromatic rings. The first kappa shape index (κ1) is 13.0. The Morgan fingerprint density at radius 3 is 2.78 bits per heavy atom. The van der Waals surface area contributed by atoms with Gasteiger partial charge < -0.3 is 10.4 Å². The van der Waals surface area contributed by atoms with Crippen molar-refractivity contribution in [1.82, 2.24) is 10.3 Å². The lowest BCUT2D eigenvalue weighted by molar-refractivity contribution is -0.130. The van der Waals surface area contributed by atoms with Crippen molar-refractivity contribution < 1.29 is 14.7 Å². The molecule has 0 bridgehead atoms. The maximum Gasteiger partial charge on any atom is 0.267 e. The molecule has 0 spiro atoms. The topological polar surface area (TPSA) is 82.0 Å². The normalized spacial score (nSPS) is 28.9. The molecule has 1 saturated carbocycles. The van der Waals surface area contributed by atoms with Crippen LogP contribution in [-0.2, 0) is 9.59 Å². The molecule has 100 valence electrons. The van der Waals surface area contributed by atoms with Gasteiger partial charge in [0.05, 0.1) is 12.1 Å². The third kappa shape index (κ3) is 2.87. The highest BCUT2D eigenvalue weighted by atomic mass is 16.3. The van der Waals surface area contributed by atoms with E-state index in [0.717, 1.165) is 25.7 Å². The van der Waals surface area contributed by atoms with Gasteiger partial charge in [0.25, 0.3) is 5.91 Å². The van der Waals surface area contributed by atoms with Crippen molar-refractivity contribution in [2.24, 2.45) is 5.10 Å². The summed E-state index contributed by atoms with van der Waals surface area (Å²) in [7, 11) is 1.55. The second-order valence-corrected chi connectivity index (χ2v) is 4.90. The summed E-state index contributed by atoms with van der Waals surface area (Å²) >= 11 is 0. The number of aliphatic hydroxyl groups is 1. The highest BCUT2D eigenvalue weighted by Gasteiger charge is 2.28. The Hall–Kier alpha value is -1.43. The van der Waals surface area contributed by atoms with Gasteiger partial charge in [0.1, 0.15) is 5.71 Å². The minimum absolute atomic E-state index is 0.0794. The molecular formula is C12H19N3O3. The molecule has 6 nitrogen and oxygen atoms in total. The van der Waals surface area contributed by atoms with Gasteiger partial charge in [-0.05, 0) is 12.8 Å². The number of hydrogen-bond donors (Lipinski definition) is 2. The summed E-state index contributed by atoms with van der Waals surface area (Å²) in [6.07, 6.45) is 3.78. The summed E-state index contributed by atoms with van der Waals surface area (Å²) in [5.41, 5.74) is 0.370. The van der Waals surface area contributed by atoms with Crippen LogP contribution in [0.4, 0.5) is 0 Å². The second-order valence-electron chi connectivity index (χ2n) is 4.90. The minimum Gasteiger partial charge on any atom is -0.391 e. The van der Waals surface area contributed by atoms with E-state index >= 15 is 0 Å². The maximum absolute atomic E-state index is 12.0. The number of carbonyl (C=O) groups excluding carboxylic acids is 2. The van der Waals surface area contributed by atoms with Crippen molar-refractivity contribution in [3.05, 3.63) is 0 Å². The van der Waals surface area contributed by atoms with Crippen LogP contribution in [0.15, 0.2) is 5.10 Å². The summed E-state index contributed by atoms with van der Waals surface area (Å²) in [5, 5.41) is 17.8. The van der Waals surface area contributed by atoms with Gasteiger partial charge in [-0.1, -0.05) is 12.8 Å². The summed E-state index contributed by atoms with van der Waals surface area (Å²) < 4.78 is 0. The van der Waals surface area contributed by atoms with Crippen molar-refractivity contribution in [2.45, 2.75) is 50.7 Å². The quantitative estimate of drug-likeness (QED) is 0.727. The number of hydrazone groups is 1. The van der Waals surface area contributed by atoms with E-state index in [2.05, 4.69) is 10.4 Å². The zero-order valence-corrected chi connectivity index (χ0v) is 10.6. The standard InChI is InChI=1S/C12H19N3O3/c1-15-11(17)7-6-9(14-15)12(18)13-8-4-2-3-5-10(8)16/h8,10,16H,2-7H2,1H3,(H,13,18)/t8-,10-/m1/s1. The lowest BCUT2D eigenvalue weighted by Gasteiger charge is -2.29. The first-order chi connectivity index (χ1) is 8.58. The van der Waals surface area contributed by atoms with Crippen LogP contribution in [0.5, 0.6) is 0 Å². The number of rotatable bonds is 2. The molecule has 1 fully saturated rings. The average molecular weight is 253 g/mol. The Morgan fingerprint density at radius 2 is 2.11 bits per heavy atom. The zero-order valence-electron chi connectivity index (χ0n) is 10.6. The molecule has 0 unspecified atom stereocenters. The van der Waals surface area contributed by atoms with Crippen LogP contribution in [0.1, 0.15) is 38.5 Å². The molecule has 0 radical (unpaired) electrons. The first-order valence-electron chi connectivity index (χ1n) is 6.41. The predicted octanol–water partition coefficient (Wildman–Crippen LogP) is 0.0143. The molecule has 6 heteroatoms. The van der Waals surface area contributed by atoms with Crippen molar-refractivity contribution >= 4 is 17.5 Å². The third-order valence-electron chi connectivity index (χ3n) is 3.52. The minimum atomic E-state index is -0.466. The van der Waals surface area contributed by atoms with Gasteiger partial charge in [-0.25, -0.2) is 5.01 Å². The van der Waals surface area contributed by atoms with Gasteiger partial charge in [-0.2, -0.15) is 5.10 Å². The van der Waals surface area contributed by atoms with Crippen LogP contribution in [0.25, 0.3) is 0 Å². The molecule has 1 heterocycles.